The van der Waals surface area contributed by atoms with Gasteiger partial charge < -0.3 is 20.7 Å². The summed E-state index contributed by atoms with van der Waals surface area (Å²) in [6.07, 6.45) is 0.740. The lowest BCUT2D eigenvalue weighted by Crippen LogP contribution is -2.55. The van der Waals surface area contributed by atoms with Crippen LogP contribution in [0.15, 0.2) is 48.5 Å². The summed E-state index contributed by atoms with van der Waals surface area (Å²) in [6.45, 7) is 0.576. The first kappa shape index (κ1) is 18.1. The molecular weight excluding hydrogens is 354 g/mol. The number of piperidine rings is 1. The third-order valence-electron chi connectivity index (χ3n) is 4.37. The number of amides is 3. The molecule has 0 unspecified atom stereocenters. The summed E-state index contributed by atoms with van der Waals surface area (Å²) < 4.78 is 5.18. The minimum atomic E-state index is -0.649. The first-order chi connectivity index (χ1) is 12.6. The van der Waals surface area contributed by atoms with Crippen LogP contribution in [0.25, 0.3) is 0 Å². The molecule has 1 heterocycles. The molecule has 6 nitrogen and oxygen atoms in total. The van der Waals surface area contributed by atoms with Gasteiger partial charge in [-0.1, -0.05) is 23.7 Å². The minimum absolute atomic E-state index is 0.106. The molecule has 2 aromatic rings. The summed E-state index contributed by atoms with van der Waals surface area (Å²) in [5.41, 5.74) is 1.58. The van der Waals surface area contributed by atoms with Crippen molar-refractivity contribution in [3.05, 3.63) is 59.1 Å². The van der Waals surface area contributed by atoms with E-state index < -0.39 is 12.1 Å². The largest absolute Gasteiger partial charge is 0.497 e. The molecule has 0 aromatic heterocycles. The molecule has 3 N–H and O–H groups in total. The predicted molar refractivity (Wildman–Crippen MR) is 101 cm³/mol. The molecule has 1 aliphatic rings. The van der Waals surface area contributed by atoms with Gasteiger partial charge in [0.25, 0.3) is 0 Å². The quantitative estimate of drug-likeness (QED) is 0.770. The number of ether oxygens (including phenoxy) is 1. The number of anilines is 1. The van der Waals surface area contributed by atoms with Gasteiger partial charge in [0, 0.05) is 23.2 Å². The second kappa shape index (κ2) is 8.10. The number of carbonyl (C=O) groups excluding carboxylic acids is 2. The van der Waals surface area contributed by atoms with Gasteiger partial charge in [-0.3, -0.25) is 4.79 Å². The Morgan fingerprint density at radius 2 is 1.85 bits per heavy atom. The summed E-state index contributed by atoms with van der Waals surface area (Å²) in [7, 11) is 1.61. The zero-order valence-corrected chi connectivity index (χ0v) is 15.0. The second-order valence-corrected chi connectivity index (χ2v) is 6.48. The van der Waals surface area contributed by atoms with Crippen molar-refractivity contribution in [3.63, 3.8) is 0 Å². The highest BCUT2D eigenvalue weighted by molar-refractivity contribution is 6.30. The van der Waals surface area contributed by atoms with Gasteiger partial charge in [0.2, 0.25) is 5.91 Å². The fourth-order valence-corrected chi connectivity index (χ4v) is 3.15. The van der Waals surface area contributed by atoms with Gasteiger partial charge in [0.15, 0.2) is 0 Å². The van der Waals surface area contributed by atoms with Crippen LogP contribution >= 0.6 is 11.6 Å². The van der Waals surface area contributed by atoms with Crippen LogP contribution < -0.4 is 20.7 Å². The lowest BCUT2D eigenvalue weighted by Gasteiger charge is -2.32. The Kier molecular flexibility index (Phi) is 5.63. The number of nitrogens with one attached hydrogen (secondary N) is 3. The first-order valence-electron chi connectivity index (χ1n) is 8.31. The Morgan fingerprint density at radius 1 is 1.15 bits per heavy atom. The van der Waals surface area contributed by atoms with Crippen molar-refractivity contribution >= 4 is 29.2 Å². The number of urea groups is 1. The van der Waals surface area contributed by atoms with Gasteiger partial charge >= 0.3 is 6.03 Å². The lowest BCUT2D eigenvalue weighted by molar-refractivity contribution is -0.124. The minimum Gasteiger partial charge on any atom is -0.497 e. The summed E-state index contributed by atoms with van der Waals surface area (Å²) in [4.78, 5) is 24.7. The van der Waals surface area contributed by atoms with Gasteiger partial charge in [-0.05, 0) is 48.4 Å². The fraction of sp³-hybridized carbons (Fsp3) is 0.263. The van der Waals surface area contributed by atoms with E-state index in [2.05, 4.69) is 16.0 Å². The molecule has 0 bridgehead atoms. The van der Waals surface area contributed by atoms with Crippen LogP contribution in [0, 0.1) is 0 Å². The van der Waals surface area contributed by atoms with Crippen LogP contribution in [0.1, 0.15) is 17.9 Å². The Morgan fingerprint density at radius 3 is 2.50 bits per heavy atom. The highest BCUT2D eigenvalue weighted by Gasteiger charge is 2.34. The molecule has 1 fully saturated rings. The number of carbonyl (C=O) groups is 2. The maximum absolute atomic E-state index is 12.3. The van der Waals surface area contributed by atoms with Gasteiger partial charge in [-0.15, -0.1) is 0 Å². The van der Waals surface area contributed by atoms with Crippen molar-refractivity contribution in [2.75, 3.05) is 19.0 Å². The van der Waals surface area contributed by atoms with E-state index in [9.17, 15) is 9.59 Å². The molecule has 0 spiro atoms. The second-order valence-electron chi connectivity index (χ2n) is 6.04. The number of rotatable bonds is 4. The van der Waals surface area contributed by atoms with Crippen LogP contribution in [0.5, 0.6) is 5.75 Å². The maximum Gasteiger partial charge on any atom is 0.319 e. The molecule has 136 valence electrons. The number of benzene rings is 2. The zero-order valence-electron chi connectivity index (χ0n) is 14.3. The highest BCUT2D eigenvalue weighted by Crippen LogP contribution is 2.28. The Hall–Kier alpha value is -2.73. The lowest BCUT2D eigenvalue weighted by atomic mass is 9.85. The van der Waals surface area contributed by atoms with Crippen LogP contribution in [-0.4, -0.2) is 31.6 Å². The number of hydrogen-bond acceptors (Lipinski definition) is 3. The van der Waals surface area contributed by atoms with Crippen molar-refractivity contribution in [1.29, 1.82) is 0 Å². The summed E-state index contributed by atoms with van der Waals surface area (Å²) in [5, 5.41) is 8.89. The van der Waals surface area contributed by atoms with Crippen molar-refractivity contribution in [2.24, 2.45) is 0 Å². The average Bonchev–Trinajstić information content (AvgIpc) is 2.65. The van der Waals surface area contributed by atoms with Crippen LogP contribution in [-0.2, 0) is 4.79 Å². The average molecular weight is 374 g/mol. The molecule has 0 saturated carbocycles. The van der Waals surface area contributed by atoms with Crippen molar-refractivity contribution < 1.29 is 14.3 Å². The van der Waals surface area contributed by atoms with Gasteiger partial charge in [-0.25, -0.2) is 4.79 Å². The Balaban J connectivity index is 1.72. The standard InChI is InChI=1S/C19H20ClN3O3/c1-26-15-8-2-12(3-9-15)16-10-11-21-18(24)17(16)23-19(25)22-14-6-4-13(20)5-7-14/h2-9,16-17H,10-11H2,1H3,(H,21,24)(H2,22,23,25)/t16-,17-/m0/s1. The number of hydrogen-bond donors (Lipinski definition) is 3. The Bertz CT molecular complexity index is 778. The SMILES string of the molecule is COc1ccc([C@@H]2CCNC(=O)[C@H]2NC(=O)Nc2ccc(Cl)cc2)cc1. The smallest absolute Gasteiger partial charge is 0.319 e. The maximum atomic E-state index is 12.3. The number of methoxy groups -OCH3 is 1. The third-order valence-corrected chi connectivity index (χ3v) is 4.62. The molecule has 7 heteroatoms. The topological polar surface area (TPSA) is 79.5 Å². The van der Waals surface area contributed by atoms with E-state index in [1.165, 1.54) is 0 Å². The van der Waals surface area contributed by atoms with E-state index in [1.807, 2.05) is 24.3 Å². The molecule has 0 radical (unpaired) electrons. The molecular formula is C19H20ClN3O3. The molecule has 2 atom stereocenters. The summed E-state index contributed by atoms with van der Waals surface area (Å²) >= 11 is 5.84. The van der Waals surface area contributed by atoms with E-state index in [4.69, 9.17) is 16.3 Å². The van der Waals surface area contributed by atoms with Gasteiger partial charge in [0.05, 0.1) is 7.11 Å². The fourth-order valence-electron chi connectivity index (χ4n) is 3.03. The number of halogens is 1. The van der Waals surface area contributed by atoms with Gasteiger partial charge in [-0.2, -0.15) is 0 Å². The monoisotopic (exact) mass is 373 g/mol. The van der Waals surface area contributed by atoms with Crippen LogP contribution in [0.2, 0.25) is 5.02 Å². The molecule has 1 saturated heterocycles. The van der Waals surface area contributed by atoms with Crippen molar-refractivity contribution in [2.45, 2.75) is 18.4 Å². The molecule has 2 aromatic carbocycles. The van der Waals surface area contributed by atoms with Crippen LogP contribution in [0.4, 0.5) is 10.5 Å². The van der Waals surface area contributed by atoms with E-state index in [0.717, 1.165) is 17.7 Å². The molecule has 26 heavy (non-hydrogen) atoms. The van der Waals surface area contributed by atoms with Crippen molar-refractivity contribution in [1.82, 2.24) is 10.6 Å². The predicted octanol–water partition coefficient (Wildman–Crippen LogP) is 3.14. The Labute approximate surface area is 156 Å². The van der Waals surface area contributed by atoms with E-state index in [-0.39, 0.29) is 11.8 Å². The van der Waals surface area contributed by atoms with E-state index >= 15 is 0 Å². The van der Waals surface area contributed by atoms with Crippen molar-refractivity contribution in [3.8, 4) is 5.75 Å². The first-order valence-corrected chi connectivity index (χ1v) is 8.69. The molecule has 3 amide bonds. The normalized spacial score (nSPS) is 19.4. The van der Waals surface area contributed by atoms with Gasteiger partial charge in [0.1, 0.15) is 11.8 Å². The van der Waals surface area contributed by atoms with E-state index in [0.29, 0.717) is 17.3 Å². The third kappa shape index (κ3) is 4.26. The van der Waals surface area contributed by atoms with E-state index in [1.54, 1.807) is 31.4 Å². The summed E-state index contributed by atoms with van der Waals surface area (Å²) in [6, 6.07) is 13.2. The molecule has 0 aliphatic carbocycles. The summed E-state index contributed by atoms with van der Waals surface area (Å²) in [5.74, 6) is 0.452. The molecule has 1 aliphatic heterocycles. The highest BCUT2D eigenvalue weighted by atomic mass is 35.5. The zero-order chi connectivity index (χ0) is 18.5. The molecule has 3 rings (SSSR count). The van der Waals surface area contributed by atoms with Crippen LogP contribution in [0.3, 0.4) is 0 Å².